The maximum atomic E-state index is 8.97. The quantitative estimate of drug-likeness (QED) is 0.493. The molecule has 0 spiro atoms. The normalized spacial score (nSPS) is 15.4. The van der Waals surface area contributed by atoms with Crippen LogP contribution < -0.4 is 5.32 Å². The molecule has 0 aliphatic rings. The van der Waals surface area contributed by atoms with Gasteiger partial charge in [0.15, 0.2) is 0 Å². The highest BCUT2D eigenvalue weighted by molar-refractivity contribution is 4.63. The van der Waals surface area contributed by atoms with Gasteiger partial charge < -0.3 is 15.5 Å². The van der Waals surface area contributed by atoms with Crippen molar-refractivity contribution in [1.82, 2.24) is 5.32 Å². The molecule has 0 heterocycles. The summed E-state index contributed by atoms with van der Waals surface area (Å²) in [5, 5.41) is 21.2. The molecule has 86 valence electrons. The first-order valence-electron chi connectivity index (χ1n) is 5.73. The van der Waals surface area contributed by atoms with Crippen molar-refractivity contribution < 1.29 is 10.2 Å². The summed E-state index contributed by atoms with van der Waals surface area (Å²) in [5.74, 6) is 0.450. The van der Waals surface area contributed by atoms with Crippen LogP contribution in [0.2, 0.25) is 0 Å². The minimum Gasteiger partial charge on any atom is -0.396 e. The SMILES string of the molecule is CC[C@H](CO)CCCN[C@H](CC)CO. The fourth-order valence-electron chi connectivity index (χ4n) is 1.46. The van der Waals surface area contributed by atoms with Gasteiger partial charge in [0.05, 0.1) is 6.61 Å². The summed E-state index contributed by atoms with van der Waals surface area (Å²) in [7, 11) is 0. The van der Waals surface area contributed by atoms with Gasteiger partial charge in [-0.15, -0.1) is 0 Å². The first-order valence-corrected chi connectivity index (χ1v) is 5.73. The first-order chi connectivity index (χ1) is 6.78. The second-order valence-electron chi connectivity index (χ2n) is 3.84. The molecule has 0 aromatic rings. The summed E-state index contributed by atoms with van der Waals surface area (Å²) in [4.78, 5) is 0. The molecule has 2 atom stereocenters. The molecular weight excluding hydrogens is 178 g/mol. The first kappa shape index (κ1) is 13.9. The molecule has 0 radical (unpaired) electrons. The zero-order valence-corrected chi connectivity index (χ0v) is 9.50. The van der Waals surface area contributed by atoms with Crippen LogP contribution in [0.3, 0.4) is 0 Å². The molecule has 0 saturated heterocycles. The second kappa shape index (κ2) is 9.44. The van der Waals surface area contributed by atoms with E-state index in [2.05, 4.69) is 19.2 Å². The molecule has 0 aliphatic carbocycles. The summed E-state index contributed by atoms with van der Waals surface area (Å²) in [6.07, 6.45) is 4.17. The molecule has 3 N–H and O–H groups in total. The number of rotatable bonds is 9. The maximum Gasteiger partial charge on any atom is 0.0584 e. The van der Waals surface area contributed by atoms with Crippen molar-refractivity contribution in [1.29, 1.82) is 0 Å². The van der Waals surface area contributed by atoms with E-state index in [-0.39, 0.29) is 12.6 Å². The molecule has 0 aromatic heterocycles. The molecule has 0 fully saturated rings. The average Bonchev–Trinajstić information content (AvgIpc) is 2.24. The topological polar surface area (TPSA) is 52.5 Å². The molecule has 0 bridgehead atoms. The molecule has 0 saturated carbocycles. The molecule has 3 nitrogen and oxygen atoms in total. The van der Waals surface area contributed by atoms with Gasteiger partial charge in [-0.2, -0.15) is 0 Å². The lowest BCUT2D eigenvalue weighted by atomic mass is 10.0. The van der Waals surface area contributed by atoms with Gasteiger partial charge in [-0.1, -0.05) is 20.3 Å². The van der Waals surface area contributed by atoms with Crippen LogP contribution in [-0.4, -0.2) is 36.0 Å². The smallest absolute Gasteiger partial charge is 0.0584 e. The van der Waals surface area contributed by atoms with Crippen LogP contribution in [0.25, 0.3) is 0 Å². The van der Waals surface area contributed by atoms with Gasteiger partial charge in [-0.3, -0.25) is 0 Å². The molecule has 0 rings (SSSR count). The Balaban J connectivity index is 3.35. The van der Waals surface area contributed by atoms with E-state index in [1.54, 1.807) is 0 Å². The summed E-state index contributed by atoms with van der Waals surface area (Å²) < 4.78 is 0. The van der Waals surface area contributed by atoms with E-state index < -0.39 is 0 Å². The number of nitrogens with one attached hydrogen (secondary N) is 1. The minimum absolute atomic E-state index is 0.216. The van der Waals surface area contributed by atoms with Crippen LogP contribution in [0.1, 0.15) is 39.5 Å². The molecule has 0 unspecified atom stereocenters. The third-order valence-corrected chi connectivity index (χ3v) is 2.77. The van der Waals surface area contributed by atoms with Crippen molar-refractivity contribution in [3.05, 3.63) is 0 Å². The Hall–Kier alpha value is -0.120. The lowest BCUT2D eigenvalue weighted by molar-refractivity contribution is 0.208. The van der Waals surface area contributed by atoms with Crippen LogP contribution >= 0.6 is 0 Å². The van der Waals surface area contributed by atoms with Crippen LogP contribution in [0.4, 0.5) is 0 Å². The maximum absolute atomic E-state index is 8.97. The molecule has 14 heavy (non-hydrogen) atoms. The summed E-state index contributed by atoms with van der Waals surface area (Å²) >= 11 is 0. The molecule has 0 aliphatic heterocycles. The fraction of sp³-hybridized carbons (Fsp3) is 1.00. The average molecular weight is 203 g/mol. The van der Waals surface area contributed by atoms with Gasteiger partial charge in [0.25, 0.3) is 0 Å². The molecule has 0 amide bonds. The Morgan fingerprint density at radius 3 is 2.21 bits per heavy atom. The van der Waals surface area contributed by atoms with E-state index in [0.717, 1.165) is 32.2 Å². The van der Waals surface area contributed by atoms with Crippen LogP contribution in [-0.2, 0) is 0 Å². The number of hydrogen-bond acceptors (Lipinski definition) is 3. The zero-order chi connectivity index (χ0) is 10.8. The Morgan fingerprint density at radius 1 is 1.07 bits per heavy atom. The summed E-state index contributed by atoms with van der Waals surface area (Å²) in [5.41, 5.74) is 0. The van der Waals surface area contributed by atoms with Gasteiger partial charge >= 0.3 is 0 Å². The number of hydrogen-bond donors (Lipinski definition) is 3. The van der Waals surface area contributed by atoms with E-state index in [1.165, 1.54) is 0 Å². The minimum atomic E-state index is 0.216. The summed E-state index contributed by atoms with van der Waals surface area (Å²) in [6.45, 7) is 5.63. The van der Waals surface area contributed by atoms with Crippen molar-refractivity contribution >= 4 is 0 Å². The Labute approximate surface area is 87.5 Å². The third kappa shape index (κ3) is 6.35. The lowest BCUT2D eigenvalue weighted by Crippen LogP contribution is -2.32. The largest absolute Gasteiger partial charge is 0.396 e. The van der Waals surface area contributed by atoms with Crippen molar-refractivity contribution in [3.63, 3.8) is 0 Å². The van der Waals surface area contributed by atoms with Crippen molar-refractivity contribution in [3.8, 4) is 0 Å². The molecular formula is C11H25NO2. The second-order valence-corrected chi connectivity index (χ2v) is 3.84. The van der Waals surface area contributed by atoms with Gasteiger partial charge in [0.1, 0.15) is 0 Å². The Morgan fingerprint density at radius 2 is 1.79 bits per heavy atom. The van der Waals surface area contributed by atoms with Gasteiger partial charge in [0.2, 0.25) is 0 Å². The van der Waals surface area contributed by atoms with E-state index in [9.17, 15) is 0 Å². The van der Waals surface area contributed by atoms with Gasteiger partial charge in [-0.05, 0) is 31.7 Å². The Kier molecular flexibility index (Phi) is 9.35. The zero-order valence-electron chi connectivity index (χ0n) is 9.50. The predicted octanol–water partition coefficient (Wildman–Crippen LogP) is 1.15. The van der Waals surface area contributed by atoms with Crippen LogP contribution in [0.15, 0.2) is 0 Å². The van der Waals surface area contributed by atoms with E-state index in [4.69, 9.17) is 10.2 Å². The Bertz CT molecular complexity index is 97.9. The summed E-state index contributed by atoms with van der Waals surface area (Å²) in [6, 6.07) is 0.240. The van der Waals surface area contributed by atoms with Crippen LogP contribution in [0, 0.1) is 5.92 Å². The highest BCUT2D eigenvalue weighted by atomic mass is 16.3. The number of aliphatic hydroxyl groups is 2. The predicted molar refractivity (Wildman–Crippen MR) is 59.3 cm³/mol. The highest BCUT2D eigenvalue weighted by Crippen LogP contribution is 2.08. The molecule has 3 heteroatoms. The van der Waals surface area contributed by atoms with Crippen molar-refractivity contribution in [2.75, 3.05) is 19.8 Å². The van der Waals surface area contributed by atoms with Crippen molar-refractivity contribution in [2.45, 2.75) is 45.6 Å². The van der Waals surface area contributed by atoms with E-state index in [1.807, 2.05) is 0 Å². The van der Waals surface area contributed by atoms with Crippen LogP contribution in [0.5, 0.6) is 0 Å². The monoisotopic (exact) mass is 203 g/mol. The van der Waals surface area contributed by atoms with E-state index in [0.29, 0.717) is 12.5 Å². The molecule has 0 aromatic carbocycles. The lowest BCUT2D eigenvalue weighted by Gasteiger charge is -2.15. The standard InChI is InChI=1S/C11H25NO2/c1-3-10(8-13)6-5-7-12-11(4-2)9-14/h10-14H,3-9H2,1-2H3/t10-,11+/m0/s1. The van der Waals surface area contributed by atoms with Crippen molar-refractivity contribution in [2.24, 2.45) is 5.92 Å². The van der Waals surface area contributed by atoms with Gasteiger partial charge in [-0.25, -0.2) is 0 Å². The number of aliphatic hydroxyl groups excluding tert-OH is 2. The highest BCUT2D eigenvalue weighted by Gasteiger charge is 2.05. The fourth-order valence-corrected chi connectivity index (χ4v) is 1.46. The third-order valence-electron chi connectivity index (χ3n) is 2.77. The van der Waals surface area contributed by atoms with Gasteiger partial charge in [0, 0.05) is 12.6 Å². The van der Waals surface area contributed by atoms with E-state index >= 15 is 0 Å².